The number of nitrogens with one attached hydrogen (secondary N) is 2. The van der Waals surface area contributed by atoms with E-state index >= 15 is 0 Å². The first-order valence-corrected chi connectivity index (χ1v) is 4.89. The van der Waals surface area contributed by atoms with Gasteiger partial charge in [0.15, 0.2) is 0 Å². The summed E-state index contributed by atoms with van der Waals surface area (Å²) in [6.45, 7) is 0. The van der Waals surface area contributed by atoms with Crippen LogP contribution in [-0.2, 0) is 6.18 Å². The number of halogens is 3. The van der Waals surface area contributed by atoms with Gasteiger partial charge in [0.05, 0.1) is 0 Å². The molecule has 0 saturated heterocycles. The Morgan fingerprint density at radius 1 is 1.38 bits per heavy atom. The van der Waals surface area contributed by atoms with E-state index in [0.717, 1.165) is 19.0 Å². The lowest BCUT2D eigenvalue weighted by molar-refractivity contribution is -0.137. The SMILES string of the molecule is CNc1ncc(C(F)(F)F)c(NC2CC2)n1. The van der Waals surface area contributed by atoms with Gasteiger partial charge in [-0.25, -0.2) is 4.98 Å². The monoisotopic (exact) mass is 232 g/mol. The molecule has 1 heterocycles. The van der Waals surface area contributed by atoms with E-state index in [1.807, 2.05) is 0 Å². The fraction of sp³-hybridized carbons (Fsp3) is 0.556. The standard InChI is InChI=1S/C9H11F3N4/c1-13-8-14-4-6(9(10,11)12)7(16-8)15-5-2-3-5/h4-5H,2-3H2,1H3,(H2,13,14,15,16). The summed E-state index contributed by atoms with van der Waals surface area (Å²) in [5.74, 6) is 0.0329. The summed E-state index contributed by atoms with van der Waals surface area (Å²) in [6, 6.07) is 0.112. The van der Waals surface area contributed by atoms with Gasteiger partial charge in [-0.3, -0.25) is 0 Å². The molecular weight excluding hydrogens is 221 g/mol. The molecule has 1 fully saturated rings. The third-order valence-corrected chi connectivity index (χ3v) is 2.24. The molecule has 1 saturated carbocycles. The third-order valence-electron chi connectivity index (χ3n) is 2.24. The van der Waals surface area contributed by atoms with Gasteiger partial charge in [0.1, 0.15) is 11.4 Å². The van der Waals surface area contributed by atoms with Crippen molar-refractivity contribution >= 4 is 11.8 Å². The normalized spacial score (nSPS) is 16.0. The molecular formula is C9H11F3N4. The summed E-state index contributed by atoms with van der Waals surface area (Å²) < 4.78 is 37.8. The summed E-state index contributed by atoms with van der Waals surface area (Å²) in [5, 5.41) is 5.36. The maximum absolute atomic E-state index is 12.6. The van der Waals surface area contributed by atoms with Crippen molar-refractivity contribution in [2.45, 2.75) is 25.1 Å². The molecule has 0 radical (unpaired) electrons. The molecule has 2 N–H and O–H groups in total. The van der Waals surface area contributed by atoms with E-state index in [2.05, 4.69) is 20.6 Å². The second-order valence-electron chi connectivity index (χ2n) is 3.62. The second kappa shape index (κ2) is 3.80. The largest absolute Gasteiger partial charge is 0.421 e. The molecule has 0 aromatic carbocycles. The first kappa shape index (κ1) is 11.0. The highest BCUT2D eigenvalue weighted by atomic mass is 19.4. The Balaban J connectivity index is 2.33. The zero-order chi connectivity index (χ0) is 11.8. The van der Waals surface area contributed by atoms with Gasteiger partial charge in [0, 0.05) is 19.3 Å². The Bertz CT molecular complexity index is 387. The van der Waals surface area contributed by atoms with E-state index in [0.29, 0.717) is 0 Å². The smallest absolute Gasteiger partial charge is 0.367 e. The number of aromatic nitrogens is 2. The molecule has 1 aromatic heterocycles. The zero-order valence-corrected chi connectivity index (χ0v) is 8.60. The van der Waals surface area contributed by atoms with Gasteiger partial charge < -0.3 is 10.6 Å². The number of alkyl halides is 3. The lowest BCUT2D eigenvalue weighted by Crippen LogP contribution is -2.15. The van der Waals surface area contributed by atoms with Crippen molar-refractivity contribution in [3.63, 3.8) is 0 Å². The van der Waals surface area contributed by atoms with Gasteiger partial charge in [-0.1, -0.05) is 0 Å². The number of rotatable bonds is 3. The highest BCUT2D eigenvalue weighted by Crippen LogP contribution is 2.35. The van der Waals surface area contributed by atoms with Crippen LogP contribution in [0, 0.1) is 0 Å². The number of nitrogens with zero attached hydrogens (tertiary/aromatic N) is 2. The third kappa shape index (κ3) is 2.34. The summed E-state index contributed by atoms with van der Waals surface area (Å²) in [5.41, 5.74) is -0.821. The number of hydrogen-bond donors (Lipinski definition) is 2. The van der Waals surface area contributed by atoms with Gasteiger partial charge >= 0.3 is 6.18 Å². The molecule has 1 aliphatic rings. The maximum Gasteiger partial charge on any atom is 0.421 e. The lowest BCUT2D eigenvalue weighted by Gasteiger charge is -2.13. The van der Waals surface area contributed by atoms with Crippen molar-refractivity contribution in [1.82, 2.24) is 9.97 Å². The lowest BCUT2D eigenvalue weighted by atomic mass is 10.3. The molecule has 2 rings (SSSR count). The van der Waals surface area contributed by atoms with Crippen molar-refractivity contribution < 1.29 is 13.2 Å². The van der Waals surface area contributed by atoms with Crippen LogP contribution in [0.1, 0.15) is 18.4 Å². The minimum atomic E-state index is -4.43. The molecule has 1 aliphatic carbocycles. The second-order valence-corrected chi connectivity index (χ2v) is 3.62. The average Bonchev–Trinajstić information content (AvgIpc) is 3.00. The van der Waals surface area contributed by atoms with E-state index in [4.69, 9.17) is 0 Å². The molecule has 0 bridgehead atoms. The van der Waals surface area contributed by atoms with Gasteiger partial charge in [0.2, 0.25) is 5.95 Å². The molecule has 0 spiro atoms. The average molecular weight is 232 g/mol. The summed E-state index contributed by atoms with van der Waals surface area (Å²) in [7, 11) is 1.56. The van der Waals surface area contributed by atoms with Crippen LogP contribution >= 0.6 is 0 Å². The van der Waals surface area contributed by atoms with E-state index in [1.54, 1.807) is 7.05 Å². The Morgan fingerprint density at radius 3 is 2.56 bits per heavy atom. The van der Waals surface area contributed by atoms with Crippen molar-refractivity contribution in [3.05, 3.63) is 11.8 Å². The van der Waals surface area contributed by atoms with E-state index < -0.39 is 11.7 Å². The maximum atomic E-state index is 12.6. The number of anilines is 2. The van der Waals surface area contributed by atoms with Crippen LogP contribution in [-0.4, -0.2) is 23.1 Å². The van der Waals surface area contributed by atoms with Gasteiger partial charge in [-0.2, -0.15) is 18.2 Å². The van der Waals surface area contributed by atoms with Gasteiger partial charge in [-0.05, 0) is 12.8 Å². The molecule has 0 amide bonds. The van der Waals surface area contributed by atoms with Crippen molar-refractivity contribution in [2.24, 2.45) is 0 Å². The van der Waals surface area contributed by atoms with Crippen LogP contribution < -0.4 is 10.6 Å². The molecule has 1 aromatic rings. The van der Waals surface area contributed by atoms with Crippen LogP contribution in [0.2, 0.25) is 0 Å². The molecule has 16 heavy (non-hydrogen) atoms. The Labute approximate surface area is 90.3 Å². The van der Waals surface area contributed by atoms with Crippen LogP contribution in [0.15, 0.2) is 6.20 Å². The summed E-state index contributed by atoms with van der Waals surface area (Å²) in [4.78, 5) is 7.35. The number of hydrogen-bond acceptors (Lipinski definition) is 4. The predicted octanol–water partition coefficient (Wildman–Crippen LogP) is 2.11. The topological polar surface area (TPSA) is 49.8 Å². The quantitative estimate of drug-likeness (QED) is 0.838. The summed E-state index contributed by atoms with van der Waals surface area (Å²) >= 11 is 0. The van der Waals surface area contributed by atoms with Crippen LogP contribution in [0.25, 0.3) is 0 Å². The van der Waals surface area contributed by atoms with Crippen LogP contribution in [0.3, 0.4) is 0 Å². The van der Waals surface area contributed by atoms with Gasteiger partial charge in [0.25, 0.3) is 0 Å². The van der Waals surface area contributed by atoms with Gasteiger partial charge in [-0.15, -0.1) is 0 Å². The zero-order valence-electron chi connectivity index (χ0n) is 8.60. The van der Waals surface area contributed by atoms with Crippen molar-refractivity contribution in [3.8, 4) is 0 Å². The molecule has 7 heteroatoms. The highest BCUT2D eigenvalue weighted by molar-refractivity contribution is 5.49. The molecule has 4 nitrogen and oxygen atoms in total. The molecule has 0 atom stereocenters. The van der Waals surface area contributed by atoms with E-state index in [9.17, 15) is 13.2 Å². The van der Waals surface area contributed by atoms with E-state index in [1.165, 1.54) is 0 Å². The molecule has 88 valence electrons. The predicted molar refractivity (Wildman–Crippen MR) is 53.2 cm³/mol. The summed E-state index contributed by atoms with van der Waals surface area (Å²) in [6.07, 6.45) is -1.86. The first-order valence-electron chi connectivity index (χ1n) is 4.89. The highest BCUT2D eigenvalue weighted by Gasteiger charge is 2.36. The first-order chi connectivity index (χ1) is 7.50. The minimum Gasteiger partial charge on any atom is -0.367 e. The molecule has 0 unspecified atom stereocenters. The van der Waals surface area contributed by atoms with E-state index in [-0.39, 0.29) is 17.8 Å². The Hall–Kier alpha value is -1.53. The minimum absolute atomic E-state index is 0.112. The van der Waals surface area contributed by atoms with Crippen LogP contribution in [0.5, 0.6) is 0 Å². The fourth-order valence-electron chi connectivity index (χ4n) is 1.24. The fourth-order valence-corrected chi connectivity index (χ4v) is 1.24. The Kier molecular flexibility index (Phi) is 2.61. The Morgan fingerprint density at radius 2 is 2.06 bits per heavy atom. The van der Waals surface area contributed by atoms with Crippen LogP contribution in [0.4, 0.5) is 24.9 Å². The molecule has 0 aliphatic heterocycles. The van der Waals surface area contributed by atoms with Crippen molar-refractivity contribution in [2.75, 3.05) is 17.7 Å². The van der Waals surface area contributed by atoms with Crippen molar-refractivity contribution in [1.29, 1.82) is 0 Å².